The molecular formula is C16H17BrClNO. The Morgan fingerprint density at radius 3 is 2.55 bits per heavy atom. The third kappa shape index (κ3) is 4.43. The SMILES string of the molecule is CCCOc1ccc(CNc2ccc(Cl)cc2Br)cc1. The maximum atomic E-state index is 5.92. The molecule has 0 spiro atoms. The van der Waals surface area contributed by atoms with Crippen LogP contribution in [0.5, 0.6) is 5.75 Å². The van der Waals surface area contributed by atoms with Crippen LogP contribution in [0.25, 0.3) is 0 Å². The lowest BCUT2D eigenvalue weighted by molar-refractivity contribution is 0.317. The van der Waals surface area contributed by atoms with Crippen LogP contribution in [-0.2, 0) is 6.54 Å². The molecule has 106 valence electrons. The lowest BCUT2D eigenvalue weighted by Gasteiger charge is -2.10. The number of halogens is 2. The van der Waals surface area contributed by atoms with Crippen molar-refractivity contribution in [3.8, 4) is 5.75 Å². The van der Waals surface area contributed by atoms with Gasteiger partial charge in [-0.15, -0.1) is 0 Å². The van der Waals surface area contributed by atoms with Crippen LogP contribution in [0.1, 0.15) is 18.9 Å². The van der Waals surface area contributed by atoms with Gasteiger partial charge in [-0.1, -0.05) is 30.7 Å². The monoisotopic (exact) mass is 353 g/mol. The van der Waals surface area contributed by atoms with E-state index in [2.05, 4.69) is 40.3 Å². The number of benzene rings is 2. The van der Waals surface area contributed by atoms with Crippen LogP contribution in [0.2, 0.25) is 5.02 Å². The van der Waals surface area contributed by atoms with Gasteiger partial charge in [0, 0.05) is 21.7 Å². The van der Waals surface area contributed by atoms with Gasteiger partial charge in [0.05, 0.1) is 6.61 Å². The van der Waals surface area contributed by atoms with Crippen molar-refractivity contribution in [2.24, 2.45) is 0 Å². The van der Waals surface area contributed by atoms with Crippen molar-refractivity contribution in [3.05, 3.63) is 57.5 Å². The molecule has 4 heteroatoms. The molecule has 0 fully saturated rings. The van der Waals surface area contributed by atoms with Gasteiger partial charge in [-0.2, -0.15) is 0 Å². The molecule has 0 aromatic heterocycles. The number of hydrogen-bond acceptors (Lipinski definition) is 2. The molecule has 0 heterocycles. The second kappa shape index (κ2) is 7.55. The van der Waals surface area contributed by atoms with Gasteiger partial charge in [0.25, 0.3) is 0 Å². The first-order valence-electron chi connectivity index (χ1n) is 6.59. The molecule has 2 rings (SSSR count). The minimum absolute atomic E-state index is 0.722. The van der Waals surface area contributed by atoms with Gasteiger partial charge in [0.1, 0.15) is 5.75 Å². The van der Waals surface area contributed by atoms with Gasteiger partial charge >= 0.3 is 0 Å². The maximum absolute atomic E-state index is 5.92. The first-order valence-corrected chi connectivity index (χ1v) is 7.77. The van der Waals surface area contributed by atoms with E-state index in [4.69, 9.17) is 16.3 Å². The molecule has 0 unspecified atom stereocenters. The molecule has 0 amide bonds. The standard InChI is InChI=1S/C16H17BrClNO/c1-2-9-20-14-6-3-12(4-7-14)11-19-16-8-5-13(18)10-15(16)17/h3-8,10,19H,2,9,11H2,1H3. The van der Waals surface area contributed by atoms with Gasteiger partial charge in [-0.05, 0) is 58.2 Å². The fraction of sp³-hybridized carbons (Fsp3) is 0.250. The number of ether oxygens (including phenoxy) is 1. The Morgan fingerprint density at radius 2 is 1.90 bits per heavy atom. The van der Waals surface area contributed by atoms with Gasteiger partial charge in [-0.25, -0.2) is 0 Å². The van der Waals surface area contributed by atoms with Gasteiger partial charge in [0.15, 0.2) is 0 Å². The van der Waals surface area contributed by atoms with Crippen LogP contribution < -0.4 is 10.1 Å². The zero-order valence-electron chi connectivity index (χ0n) is 11.3. The molecular weight excluding hydrogens is 338 g/mol. The van der Waals surface area contributed by atoms with Crippen LogP contribution in [0.4, 0.5) is 5.69 Å². The molecule has 0 saturated heterocycles. The van der Waals surface area contributed by atoms with E-state index in [1.165, 1.54) is 5.56 Å². The summed E-state index contributed by atoms with van der Waals surface area (Å²) in [4.78, 5) is 0. The van der Waals surface area contributed by atoms with E-state index in [9.17, 15) is 0 Å². The summed E-state index contributed by atoms with van der Waals surface area (Å²) in [5.74, 6) is 0.920. The molecule has 0 aliphatic rings. The number of nitrogens with one attached hydrogen (secondary N) is 1. The molecule has 0 saturated carbocycles. The van der Waals surface area contributed by atoms with Crippen LogP contribution in [0.3, 0.4) is 0 Å². The average Bonchev–Trinajstić information content (AvgIpc) is 2.45. The normalized spacial score (nSPS) is 10.3. The minimum atomic E-state index is 0.722. The Bertz CT molecular complexity index is 557. The van der Waals surface area contributed by atoms with E-state index >= 15 is 0 Å². The fourth-order valence-corrected chi connectivity index (χ4v) is 2.58. The summed E-state index contributed by atoms with van der Waals surface area (Å²) in [6.07, 6.45) is 1.02. The first kappa shape index (κ1) is 15.2. The van der Waals surface area contributed by atoms with E-state index in [0.29, 0.717) is 0 Å². The summed E-state index contributed by atoms with van der Waals surface area (Å²) in [7, 11) is 0. The summed E-state index contributed by atoms with van der Waals surface area (Å²) in [5, 5.41) is 4.09. The zero-order chi connectivity index (χ0) is 14.4. The van der Waals surface area contributed by atoms with Crippen molar-refractivity contribution >= 4 is 33.2 Å². The highest BCUT2D eigenvalue weighted by atomic mass is 79.9. The number of hydrogen-bond donors (Lipinski definition) is 1. The lowest BCUT2D eigenvalue weighted by atomic mass is 10.2. The second-order valence-corrected chi connectivity index (χ2v) is 5.76. The summed E-state index contributed by atoms with van der Waals surface area (Å²) >= 11 is 9.42. The predicted molar refractivity (Wildman–Crippen MR) is 88.7 cm³/mol. The molecule has 0 radical (unpaired) electrons. The topological polar surface area (TPSA) is 21.3 Å². The Kier molecular flexibility index (Phi) is 5.74. The van der Waals surface area contributed by atoms with E-state index in [0.717, 1.165) is 40.5 Å². The fourth-order valence-electron chi connectivity index (χ4n) is 1.75. The highest BCUT2D eigenvalue weighted by Gasteiger charge is 2.01. The molecule has 0 aliphatic heterocycles. The van der Waals surface area contributed by atoms with Gasteiger partial charge in [-0.3, -0.25) is 0 Å². The average molecular weight is 355 g/mol. The van der Waals surface area contributed by atoms with Crippen LogP contribution in [-0.4, -0.2) is 6.61 Å². The first-order chi connectivity index (χ1) is 9.69. The smallest absolute Gasteiger partial charge is 0.119 e. The molecule has 2 nitrogen and oxygen atoms in total. The zero-order valence-corrected chi connectivity index (χ0v) is 13.7. The maximum Gasteiger partial charge on any atom is 0.119 e. The van der Waals surface area contributed by atoms with Crippen molar-refractivity contribution in [1.82, 2.24) is 0 Å². The molecule has 2 aromatic carbocycles. The summed E-state index contributed by atoms with van der Waals surface area (Å²) in [5.41, 5.74) is 2.23. The number of rotatable bonds is 6. The van der Waals surface area contributed by atoms with Crippen molar-refractivity contribution in [1.29, 1.82) is 0 Å². The van der Waals surface area contributed by atoms with E-state index in [1.807, 2.05) is 30.3 Å². The minimum Gasteiger partial charge on any atom is -0.494 e. The van der Waals surface area contributed by atoms with Crippen molar-refractivity contribution < 1.29 is 4.74 Å². The molecule has 0 bridgehead atoms. The molecule has 2 aromatic rings. The van der Waals surface area contributed by atoms with E-state index in [1.54, 1.807) is 0 Å². The summed E-state index contributed by atoms with van der Waals surface area (Å²) in [6.45, 7) is 3.62. The van der Waals surface area contributed by atoms with Crippen LogP contribution >= 0.6 is 27.5 Å². The van der Waals surface area contributed by atoms with Crippen LogP contribution in [0.15, 0.2) is 46.9 Å². The van der Waals surface area contributed by atoms with E-state index < -0.39 is 0 Å². The third-order valence-corrected chi connectivity index (χ3v) is 3.70. The largest absolute Gasteiger partial charge is 0.494 e. The second-order valence-electron chi connectivity index (χ2n) is 4.47. The highest BCUT2D eigenvalue weighted by molar-refractivity contribution is 9.10. The third-order valence-electron chi connectivity index (χ3n) is 2.81. The lowest BCUT2D eigenvalue weighted by Crippen LogP contribution is -2.00. The van der Waals surface area contributed by atoms with Gasteiger partial charge < -0.3 is 10.1 Å². The highest BCUT2D eigenvalue weighted by Crippen LogP contribution is 2.26. The van der Waals surface area contributed by atoms with Crippen LogP contribution in [0, 0.1) is 0 Å². The van der Waals surface area contributed by atoms with E-state index in [-0.39, 0.29) is 0 Å². The Morgan fingerprint density at radius 1 is 1.15 bits per heavy atom. The van der Waals surface area contributed by atoms with Gasteiger partial charge in [0.2, 0.25) is 0 Å². The Hall–Kier alpha value is -1.19. The van der Waals surface area contributed by atoms with Crippen molar-refractivity contribution in [3.63, 3.8) is 0 Å². The van der Waals surface area contributed by atoms with Crippen molar-refractivity contribution in [2.75, 3.05) is 11.9 Å². The molecule has 0 atom stereocenters. The molecule has 20 heavy (non-hydrogen) atoms. The summed E-state index contributed by atoms with van der Waals surface area (Å²) in [6, 6.07) is 13.9. The molecule has 0 aliphatic carbocycles. The summed E-state index contributed by atoms with van der Waals surface area (Å²) < 4.78 is 6.53. The Balaban J connectivity index is 1.93. The number of anilines is 1. The quantitative estimate of drug-likeness (QED) is 0.739. The van der Waals surface area contributed by atoms with Crippen molar-refractivity contribution in [2.45, 2.75) is 19.9 Å². The Labute approximate surface area is 133 Å². The molecule has 1 N–H and O–H groups in total. The predicted octanol–water partition coefficient (Wildman–Crippen LogP) is 5.50.